The van der Waals surface area contributed by atoms with Crippen molar-refractivity contribution in [3.63, 3.8) is 0 Å². The molecule has 0 spiro atoms. The number of benzene rings is 2. The van der Waals surface area contributed by atoms with Crippen LogP contribution < -0.4 is 11.1 Å². The van der Waals surface area contributed by atoms with Crippen molar-refractivity contribution in [3.05, 3.63) is 67.2 Å². The first-order chi connectivity index (χ1) is 10.1. The summed E-state index contributed by atoms with van der Waals surface area (Å²) in [6, 6.07) is 13.8. The molecule has 0 heterocycles. The second-order valence-electron chi connectivity index (χ2n) is 4.66. The molecule has 2 aromatic carbocycles. The first-order valence-electron chi connectivity index (χ1n) is 6.61. The Morgan fingerprint density at radius 1 is 1.14 bits per heavy atom. The molecule has 0 aliphatic heterocycles. The largest absolute Gasteiger partial charge is 0.348 e. The molecule has 21 heavy (non-hydrogen) atoms. The lowest BCUT2D eigenvalue weighted by Crippen LogP contribution is -2.23. The number of nitrogens with two attached hydrogens (primary N) is 1. The third-order valence-electron chi connectivity index (χ3n) is 3.08. The Balaban J connectivity index is 1.99. The van der Waals surface area contributed by atoms with E-state index in [0.717, 1.165) is 20.0 Å². The number of hydrogen-bond acceptors (Lipinski definition) is 2. The van der Waals surface area contributed by atoms with Crippen molar-refractivity contribution in [2.75, 3.05) is 6.54 Å². The zero-order valence-electron chi connectivity index (χ0n) is 11.4. The van der Waals surface area contributed by atoms with Crippen molar-refractivity contribution in [2.24, 2.45) is 5.73 Å². The summed E-state index contributed by atoms with van der Waals surface area (Å²) in [5.41, 5.74) is 8.51. The van der Waals surface area contributed by atoms with Crippen LogP contribution in [0.3, 0.4) is 0 Å². The van der Waals surface area contributed by atoms with Crippen LogP contribution in [0, 0.1) is 3.57 Å². The van der Waals surface area contributed by atoms with Crippen molar-refractivity contribution >= 4 is 44.4 Å². The second-order valence-corrected chi connectivity index (χ2v) is 6.74. The molecule has 0 aromatic heterocycles. The van der Waals surface area contributed by atoms with Crippen LogP contribution in [0.2, 0.25) is 0 Å². The van der Waals surface area contributed by atoms with Gasteiger partial charge in [-0.2, -0.15) is 0 Å². The summed E-state index contributed by atoms with van der Waals surface area (Å²) in [5, 5.41) is 2.95. The highest BCUT2D eigenvalue weighted by Gasteiger charge is 2.10. The normalized spacial score (nSPS) is 10.4. The maximum absolute atomic E-state index is 12.2. The van der Waals surface area contributed by atoms with Crippen LogP contribution in [0.5, 0.6) is 0 Å². The van der Waals surface area contributed by atoms with E-state index in [1.807, 2.05) is 30.3 Å². The Bertz CT molecular complexity index is 629. The maximum atomic E-state index is 12.2. The van der Waals surface area contributed by atoms with E-state index in [-0.39, 0.29) is 5.91 Å². The molecule has 2 aromatic rings. The van der Waals surface area contributed by atoms with E-state index in [4.69, 9.17) is 5.73 Å². The van der Waals surface area contributed by atoms with Gasteiger partial charge in [0.1, 0.15) is 0 Å². The van der Waals surface area contributed by atoms with Crippen molar-refractivity contribution in [1.29, 1.82) is 0 Å². The van der Waals surface area contributed by atoms with Crippen LogP contribution in [-0.2, 0) is 13.0 Å². The molecule has 0 bridgehead atoms. The van der Waals surface area contributed by atoms with E-state index in [2.05, 4.69) is 56.0 Å². The zero-order chi connectivity index (χ0) is 15.2. The van der Waals surface area contributed by atoms with Crippen molar-refractivity contribution in [2.45, 2.75) is 13.0 Å². The summed E-state index contributed by atoms with van der Waals surface area (Å²) in [4.78, 5) is 12.2. The third-order valence-corrected chi connectivity index (χ3v) is 4.52. The van der Waals surface area contributed by atoms with E-state index in [1.54, 1.807) is 0 Å². The van der Waals surface area contributed by atoms with Crippen LogP contribution >= 0.6 is 38.5 Å². The Labute approximate surface area is 146 Å². The highest BCUT2D eigenvalue weighted by molar-refractivity contribution is 14.1. The predicted molar refractivity (Wildman–Crippen MR) is 97.2 cm³/mol. The molecule has 2 rings (SSSR count). The molecule has 0 saturated heterocycles. The molecular formula is C16H16BrIN2O. The summed E-state index contributed by atoms with van der Waals surface area (Å²) in [7, 11) is 0. The lowest BCUT2D eigenvalue weighted by Gasteiger charge is -2.08. The summed E-state index contributed by atoms with van der Waals surface area (Å²) in [6.45, 7) is 1.17. The Morgan fingerprint density at radius 3 is 2.48 bits per heavy atom. The molecule has 3 nitrogen and oxygen atoms in total. The quantitative estimate of drug-likeness (QED) is 0.674. The standard InChI is InChI=1S/C16H16BrIN2O/c17-13-5-6-15(18)14(9-13)16(21)20-10-12-3-1-11(2-4-12)7-8-19/h1-6,9H,7-8,10,19H2,(H,20,21). The zero-order valence-corrected chi connectivity index (χ0v) is 15.1. The van der Waals surface area contributed by atoms with Crippen molar-refractivity contribution in [1.82, 2.24) is 5.32 Å². The van der Waals surface area contributed by atoms with Crippen molar-refractivity contribution < 1.29 is 4.79 Å². The van der Waals surface area contributed by atoms with Gasteiger partial charge in [0.2, 0.25) is 0 Å². The lowest BCUT2D eigenvalue weighted by molar-refractivity contribution is 0.0950. The fourth-order valence-electron chi connectivity index (χ4n) is 1.94. The van der Waals surface area contributed by atoms with Gasteiger partial charge >= 0.3 is 0 Å². The molecule has 0 aliphatic carbocycles. The minimum atomic E-state index is -0.0632. The number of carbonyl (C=O) groups is 1. The van der Waals surface area contributed by atoms with Crippen LogP contribution in [0.4, 0.5) is 0 Å². The molecule has 0 unspecified atom stereocenters. The van der Waals surface area contributed by atoms with Gasteiger partial charge in [-0.3, -0.25) is 4.79 Å². The van der Waals surface area contributed by atoms with Crippen LogP contribution in [-0.4, -0.2) is 12.5 Å². The molecule has 0 atom stereocenters. The van der Waals surface area contributed by atoms with E-state index in [9.17, 15) is 4.79 Å². The second kappa shape index (κ2) is 7.91. The Kier molecular flexibility index (Phi) is 6.20. The molecule has 3 N–H and O–H groups in total. The number of hydrogen-bond donors (Lipinski definition) is 2. The minimum Gasteiger partial charge on any atom is -0.348 e. The Hall–Kier alpha value is -0.920. The smallest absolute Gasteiger partial charge is 0.252 e. The first kappa shape index (κ1) is 16.5. The first-order valence-corrected chi connectivity index (χ1v) is 8.48. The lowest BCUT2D eigenvalue weighted by atomic mass is 10.1. The number of halogens is 2. The maximum Gasteiger partial charge on any atom is 0.252 e. The van der Waals surface area contributed by atoms with Gasteiger partial charge in [0, 0.05) is 14.6 Å². The van der Waals surface area contributed by atoms with Crippen molar-refractivity contribution in [3.8, 4) is 0 Å². The van der Waals surface area contributed by atoms with Gasteiger partial charge in [-0.1, -0.05) is 40.2 Å². The monoisotopic (exact) mass is 458 g/mol. The van der Waals surface area contributed by atoms with Gasteiger partial charge in [-0.25, -0.2) is 0 Å². The number of carbonyl (C=O) groups excluding carboxylic acids is 1. The van der Waals surface area contributed by atoms with E-state index in [0.29, 0.717) is 18.7 Å². The fourth-order valence-corrected chi connectivity index (χ4v) is 2.88. The Morgan fingerprint density at radius 2 is 1.81 bits per heavy atom. The van der Waals surface area contributed by atoms with Crippen LogP contribution in [0.25, 0.3) is 0 Å². The minimum absolute atomic E-state index is 0.0632. The SMILES string of the molecule is NCCc1ccc(CNC(=O)c2cc(Br)ccc2I)cc1. The molecule has 110 valence electrons. The molecule has 1 amide bonds. The number of rotatable bonds is 5. The molecule has 0 saturated carbocycles. The van der Waals surface area contributed by atoms with E-state index >= 15 is 0 Å². The van der Waals surface area contributed by atoms with Gasteiger partial charge in [-0.15, -0.1) is 0 Å². The van der Waals surface area contributed by atoms with Crippen LogP contribution in [0.1, 0.15) is 21.5 Å². The van der Waals surface area contributed by atoms with Crippen LogP contribution in [0.15, 0.2) is 46.9 Å². The van der Waals surface area contributed by atoms with Gasteiger partial charge in [0.15, 0.2) is 0 Å². The molecule has 5 heteroatoms. The highest BCUT2D eigenvalue weighted by Crippen LogP contribution is 2.18. The summed E-state index contributed by atoms with van der Waals surface area (Å²) >= 11 is 5.56. The fraction of sp³-hybridized carbons (Fsp3) is 0.188. The van der Waals surface area contributed by atoms with Gasteiger partial charge in [0.05, 0.1) is 5.56 Å². The number of amides is 1. The third kappa shape index (κ3) is 4.79. The summed E-state index contributed by atoms with van der Waals surface area (Å²) in [6.07, 6.45) is 0.878. The molecule has 0 radical (unpaired) electrons. The highest BCUT2D eigenvalue weighted by atomic mass is 127. The molecule has 0 fully saturated rings. The summed E-state index contributed by atoms with van der Waals surface area (Å²) < 4.78 is 1.84. The summed E-state index contributed by atoms with van der Waals surface area (Å²) in [5.74, 6) is -0.0632. The average molecular weight is 459 g/mol. The average Bonchev–Trinajstić information content (AvgIpc) is 2.49. The van der Waals surface area contributed by atoms with Gasteiger partial charge < -0.3 is 11.1 Å². The topological polar surface area (TPSA) is 55.1 Å². The molecule has 0 aliphatic rings. The van der Waals surface area contributed by atoms with E-state index < -0.39 is 0 Å². The molecular weight excluding hydrogens is 443 g/mol. The predicted octanol–water partition coefficient (Wildman–Crippen LogP) is 3.48. The van der Waals surface area contributed by atoms with Gasteiger partial charge in [0.25, 0.3) is 5.91 Å². The number of nitrogens with one attached hydrogen (secondary N) is 1. The van der Waals surface area contributed by atoms with Gasteiger partial charge in [-0.05, 0) is 64.9 Å². The van der Waals surface area contributed by atoms with E-state index in [1.165, 1.54) is 5.56 Å².